The number of aliphatic carboxylic acids is 1. The number of ether oxygens (including phenoxy) is 4. The highest BCUT2D eigenvalue weighted by Crippen LogP contribution is 2.52. The van der Waals surface area contributed by atoms with Gasteiger partial charge in [-0.15, -0.1) is 11.3 Å². The standard InChI is InChI=1S/C45H60ClN7O9S/c1-7-27-21-45(27,41(56)57)51-39(54)33-19-29(22-53(33)40(55)38(44(4,5)6)50-43(58)62-28-17-25-16-26(25)18-28)61-35-20-31(32-23-63-42(49-32)47-24(2)3)48-37-30(35)8-9-34(36(37)46)60-15-12-52-10-13-59-14-11-52/h8-9,20,23-29,33,38H,7,10-19,21-22H2,1-6H3,(H,47,49)(H,50,58)(H,51,54)(H,56,57)/t25?,26?,27?,28?,29?,33?,38?,45-/m1/s1. The number of hydrogen-bond acceptors (Lipinski definition) is 13. The minimum Gasteiger partial charge on any atom is -0.491 e. The van der Waals surface area contributed by atoms with Crippen LogP contribution in [0.5, 0.6) is 11.5 Å². The van der Waals surface area contributed by atoms with Gasteiger partial charge in [0.15, 0.2) is 5.13 Å². The zero-order valence-corrected chi connectivity index (χ0v) is 38.5. The lowest BCUT2D eigenvalue weighted by molar-refractivity contribution is -0.146. The number of carboxylic acid groups (broad SMARTS) is 1. The minimum absolute atomic E-state index is 0.0295. The Morgan fingerprint density at radius 1 is 1.03 bits per heavy atom. The second-order valence-electron chi connectivity index (χ2n) is 19.2. The van der Waals surface area contributed by atoms with Crippen molar-refractivity contribution >= 4 is 62.8 Å². The highest BCUT2D eigenvalue weighted by atomic mass is 35.5. The Morgan fingerprint density at radius 3 is 2.44 bits per heavy atom. The van der Waals surface area contributed by atoms with E-state index in [1.807, 2.05) is 53.0 Å². The average Bonchev–Trinajstić information content (AvgIpc) is 3.91. The zero-order valence-electron chi connectivity index (χ0n) is 36.9. The van der Waals surface area contributed by atoms with Crippen LogP contribution in [0.15, 0.2) is 23.6 Å². The van der Waals surface area contributed by atoms with Crippen molar-refractivity contribution in [3.05, 3.63) is 28.6 Å². The molecule has 0 bridgehead atoms. The molecule has 18 heteroatoms. The molecule has 0 spiro atoms. The second kappa shape index (κ2) is 18.2. The smallest absolute Gasteiger partial charge is 0.408 e. The summed E-state index contributed by atoms with van der Waals surface area (Å²) in [5, 5.41) is 22.7. The Morgan fingerprint density at radius 2 is 1.78 bits per heavy atom. The number of carboxylic acids is 1. The van der Waals surface area contributed by atoms with E-state index in [0.717, 1.165) is 31.1 Å². The van der Waals surface area contributed by atoms with Crippen LogP contribution >= 0.6 is 22.9 Å². The molecular weight excluding hydrogens is 850 g/mol. The van der Waals surface area contributed by atoms with Crippen LogP contribution in [-0.4, -0.2) is 131 Å². The number of aromatic nitrogens is 2. The monoisotopic (exact) mass is 909 g/mol. The van der Waals surface area contributed by atoms with Gasteiger partial charge in [0.05, 0.1) is 31.0 Å². The molecule has 5 aliphatic rings. The second-order valence-corrected chi connectivity index (χ2v) is 20.4. The Bertz CT molecular complexity index is 2200. The van der Waals surface area contributed by atoms with Crippen LogP contribution in [0.4, 0.5) is 9.93 Å². The Hall–Kier alpha value is -4.45. The molecule has 3 aliphatic carbocycles. The quantitative estimate of drug-likeness (QED) is 0.127. The largest absolute Gasteiger partial charge is 0.491 e. The number of fused-ring (bicyclic) bond motifs is 2. The summed E-state index contributed by atoms with van der Waals surface area (Å²) in [5.74, 6) is -0.376. The van der Waals surface area contributed by atoms with Crippen molar-refractivity contribution in [2.24, 2.45) is 23.2 Å². The lowest BCUT2D eigenvalue weighted by atomic mass is 9.85. The van der Waals surface area contributed by atoms with Gasteiger partial charge in [0.1, 0.15) is 58.7 Å². The van der Waals surface area contributed by atoms with E-state index < -0.39 is 53.0 Å². The first-order valence-electron chi connectivity index (χ1n) is 22.3. The maximum Gasteiger partial charge on any atom is 0.408 e. The van der Waals surface area contributed by atoms with Crippen molar-refractivity contribution in [3.8, 4) is 22.9 Å². The summed E-state index contributed by atoms with van der Waals surface area (Å²) in [6, 6.07) is 3.38. The number of thiazole rings is 1. The van der Waals surface area contributed by atoms with E-state index >= 15 is 0 Å². The molecular formula is C45H60ClN7O9S. The number of morpholine rings is 1. The molecule has 16 nitrogen and oxygen atoms in total. The molecule has 1 aromatic carbocycles. The number of halogens is 1. The number of carbonyl (C=O) groups excluding carboxylic acids is 3. The van der Waals surface area contributed by atoms with E-state index in [4.69, 9.17) is 40.5 Å². The first kappa shape index (κ1) is 45.1. The summed E-state index contributed by atoms with van der Waals surface area (Å²) in [6.07, 6.45) is 2.11. The lowest BCUT2D eigenvalue weighted by Crippen LogP contribution is -2.59. The lowest BCUT2D eigenvalue weighted by Gasteiger charge is -2.35. The molecule has 0 radical (unpaired) electrons. The van der Waals surface area contributed by atoms with E-state index in [2.05, 4.69) is 20.9 Å². The maximum absolute atomic E-state index is 14.8. The van der Waals surface area contributed by atoms with Crippen molar-refractivity contribution < 1.29 is 43.2 Å². The fourth-order valence-electron chi connectivity index (χ4n) is 9.38. The third kappa shape index (κ3) is 9.96. The molecule has 5 fully saturated rings. The molecule has 2 aromatic heterocycles. The third-order valence-electron chi connectivity index (χ3n) is 13.1. The van der Waals surface area contributed by atoms with E-state index in [1.54, 1.807) is 12.1 Å². The fraction of sp³-hybridized carbons (Fsp3) is 0.644. The summed E-state index contributed by atoms with van der Waals surface area (Å²) < 4.78 is 24.3. The first-order chi connectivity index (χ1) is 30.0. The number of carbonyl (C=O) groups is 4. The normalized spacial score (nSPS) is 27.1. The van der Waals surface area contributed by atoms with Gasteiger partial charge in [0.25, 0.3) is 0 Å². The van der Waals surface area contributed by atoms with Crippen LogP contribution in [0, 0.1) is 23.2 Å². The number of benzene rings is 1. The van der Waals surface area contributed by atoms with Crippen molar-refractivity contribution in [1.82, 2.24) is 30.4 Å². The number of likely N-dealkylation sites (tertiary alicyclic amines) is 1. The van der Waals surface area contributed by atoms with Crippen LogP contribution in [0.3, 0.4) is 0 Å². The molecule has 63 heavy (non-hydrogen) atoms. The number of pyridine rings is 1. The van der Waals surface area contributed by atoms with E-state index in [9.17, 15) is 24.3 Å². The summed E-state index contributed by atoms with van der Waals surface area (Å²) in [5.41, 5.74) is -0.683. The Balaban J connectivity index is 1.09. The van der Waals surface area contributed by atoms with Gasteiger partial charge in [-0.1, -0.05) is 45.7 Å². The molecule has 8 rings (SSSR count). The predicted molar refractivity (Wildman–Crippen MR) is 238 cm³/mol. The maximum atomic E-state index is 14.8. The highest BCUT2D eigenvalue weighted by molar-refractivity contribution is 7.14. The van der Waals surface area contributed by atoms with Crippen LogP contribution in [0.2, 0.25) is 5.02 Å². The molecule has 4 heterocycles. The van der Waals surface area contributed by atoms with Crippen molar-refractivity contribution in [2.45, 2.75) is 116 Å². The van der Waals surface area contributed by atoms with E-state index in [0.29, 0.717) is 89.9 Å². The molecule has 2 aliphatic heterocycles. The minimum atomic E-state index is -1.42. The highest BCUT2D eigenvalue weighted by Gasteiger charge is 2.61. The number of anilines is 1. The summed E-state index contributed by atoms with van der Waals surface area (Å²) in [4.78, 5) is 68.5. The summed E-state index contributed by atoms with van der Waals surface area (Å²) in [7, 11) is 0. The van der Waals surface area contributed by atoms with Gasteiger partial charge in [-0.05, 0) is 74.8 Å². The molecule has 2 saturated heterocycles. The molecule has 6 unspecified atom stereocenters. The summed E-state index contributed by atoms with van der Waals surface area (Å²) in [6.45, 7) is 15.6. The SMILES string of the molecule is CCC1C[C@]1(NC(=O)C1CC(Oc2cc(-c3csc(NC(C)C)n3)nc3c(Cl)c(OCCN4CCOCC4)ccc23)CN1C(=O)C(NC(=O)OC1CC2CC2C1)C(C)(C)C)C(=O)O. The van der Waals surface area contributed by atoms with E-state index in [-0.39, 0.29) is 31.0 Å². The van der Waals surface area contributed by atoms with Gasteiger partial charge in [0, 0.05) is 48.9 Å². The first-order valence-corrected chi connectivity index (χ1v) is 23.6. The van der Waals surface area contributed by atoms with E-state index in [1.165, 1.54) is 22.7 Å². The number of nitrogens with zero attached hydrogens (tertiary/aromatic N) is 4. The number of hydrogen-bond donors (Lipinski definition) is 4. The molecule has 3 amide bonds. The van der Waals surface area contributed by atoms with Crippen molar-refractivity contribution in [3.63, 3.8) is 0 Å². The number of alkyl carbamates (subject to hydrolysis) is 1. The van der Waals surface area contributed by atoms with Gasteiger partial charge < -0.3 is 44.9 Å². The van der Waals surface area contributed by atoms with Gasteiger partial charge in [-0.25, -0.2) is 19.6 Å². The molecule has 4 N–H and O–H groups in total. The predicted octanol–water partition coefficient (Wildman–Crippen LogP) is 6.20. The van der Waals surface area contributed by atoms with Crippen LogP contribution in [0.25, 0.3) is 22.3 Å². The van der Waals surface area contributed by atoms with Crippen molar-refractivity contribution in [2.75, 3.05) is 51.3 Å². The van der Waals surface area contributed by atoms with Gasteiger partial charge >= 0.3 is 12.1 Å². The van der Waals surface area contributed by atoms with Crippen molar-refractivity contribution in [1.29, 1.82) is 0 Å². The Labute approximate surface area is 377 Å². The zero-order chi connectivity index (χ0) is 44.8. The van der Waals surface area contributed by atoms with Gasteiger partial charge in [0.2, 0.25) is 11.8 Å². The number of amides is 3. The van der Waals surface area contributed by atoms with Crippen LogP contribution in [0.1, 0.15) is 80.1 Å². The summed E-state index contributed by atoms with van der Waals surface area (Å²) >= 11 is 8.55. The molecule has 3 saturated carbocycles. The fourth-order valence-corrected chi connectivity index (χ4v) is 10.5. The average molecular weight is 911 g/mol. The Kier molecular flexibility index (Phi) is 13.0. The molecule has 3 aromatic rings. The molecule has 7 atom stereocenters. The van der Waals surface area contributed by atoms with Gasteiger partial charge in [-0.3, -0.25) is 14.5 Å². The number of nitrogens with one attached hydrogen (secondary N) is 3. The van der Waals surface area contributed by atoms with Gasteiger partial charge in [-0.2, -0.15) is 0 Å². The van der Waals surface area contributed by atoms with Crippen LogP contribution in [-0.2, 0) is 23.9 Å². The number of rotatable bonds is 16. The van der Waals surface area contributed by atoms with Crippen LogP contribution < -0.4 is 25.4 Å². The third-order valence-corrected chi connectivity index (χ3v) is 14.2. The topological polar surface area (TPSA) is 194 Å². The molecule has 342 valence electrons.